The van der Waals surface area contributed by atoms with E-state index in [9.17, 15) is 18.0 Å². The molecule has 5 nitrogen and oxygen atoms in total. The van der Waals surface area contributed by atoms with Gasteiger partial charge in [-0.3, -0.25) is 4.79 Å². The number of nitrogens with two attached hydrogens (primary N) is 1. The summed E-state index contributed by atoms with van der Waals surface area (Å²) < 4.78 is 39.9. The minimum atomic E-state index is -0.597. The van der Waals surface area contributed by atoms with Gasteiger partial charge in [0.05, 0.1) is 23.6 Å². The molecule has 0 aromatic heterocycles. The Kier molecular flexibility index (Phi) is 4.33. The van der Waals surface area contributed by atoms with Crippen molar-refractivity contribution in [3.8, 4) is 0 Å². The van der Waals surface area contributed by atoms with Crippen LogP contribution in [0.25, 0.3) is 0 Å². The number of piperidine rings is 1. The smallest absolute Gasteiger partial charge is 0.239 e. The van der Waals surface area contributed by atoms with E-state index in [1.54, 1.807) is 0 Å². The Hall–Kier alpha value is -2.90. The van der Waals surface area contributed by atoms with Gasteiger partial charge in [-0.15, -0.1) is 0 Å². The second-order valence-electron chi connectivity index (χ2n) is 7.01. The van der Waals surface area contributed by atoms with Crippen LogP contribution >= 0.6 is 0 Å². The van der Waals surface area contributed by atoms with Crippen LogP contribution < -0.4 is 21.3 Å². The molecule has 8 heteroatoms. The Bertz CT molecular complexity index is 879. The third-order valence-corrected chi connectivity index (χ3v) is 5.23. The molecule has 1 saturated carbocycles. The summed E-state index contributed by atoms with van der Waals surface area (Å²) in [6.45, 7) is 1.27. The number of carbonyl (C=O) groups excluding carboxylic acids is 1. The van der Waals surface area contributed by atoms with Crippen LogP contribution in [-0.4, -0.2) is 31.6 Å². The highest BCUT2D eigenvalue weighted by molar-refractivity contribution is 5.83. The lowest BCUT2D eigenvalue weighted by Gasteiger charge is -2.23. The van der Waals surface area contributed by atoms with E-state index < -0.39 is 17.5 Å². The molecule has 2 unspecified atom stereocenters. The number of hydrogen-bond acceptors (Lipinski definition) is 4. The Morgan fingerprint density at radius 2 is 1.74 bits per heavy atom. The third-order valence-electron chi connectivity index (χ3n) is 5.23. The minimum Gasteiger partial charge on any atom is -0.397 e. The molecule has 2 aromatic rings. The number of amides is 1. The van der Waals surface area contributed by atoms with Gasteiger partial charge in [0, 0.05) is 37.0 Å². The van der Waals surface area contributed by atoms with Crippen LogP contribution in [0.2, 0.25) is 0 Å². The van der Waals surface area contributed by atoms with Gasteiger partial charge in [0.1, 0.15) is 17.5 Å². The van der Waals surface area contributed by atoms with Crippen LogP contribution in [0.4, 0.5) is 30.2 Å². The van der Waals surface area contributed by atoms with Gasteiger partial charge in [-0.1, -0.05) is 0 Å². The molecule has 0 spiro atoms. The molecule has 4 rings (SSSR count). The first-order chi connectivity index (χ1) is 12.9. The molecular formula is C19H19F3N4O. The molecule has 1 saturated heterocycles. The average molecular weight is 376 g/mol. The van der Waals surface area contributed by atoms with E-state index in [0.717, 1.165) is 6.07 Å². The van der Waals surface area contributed by atoms with E-state index in [0.29, 0.717) is 24.5 Å². The van der Waals surface area contributed by atoms with Gasteiger partial charge in [0.2, 0.25) is 5.91 Å². The van der Waals surface area contributed by atoms with Crippen LogP contribution in [0, 0.1) is 29.3 Å². The van der Waals surface area contributed by atoms with Crippen molar-refractivity contribution in [3.63, 3.8) is 0 Å². The minimum absolute atomic E-state index is 0.0298. The van der Waals surface area contributed by atoms with Gasteiger partial charge in [-0.25, -0.2) is 13.2 Å². The molecule has 2 aromatic carbocycles. The Balaban J connectivity index is 1.26. The fourth-order valence-corrected chi connectivity index (χ4v) is 3.78. The van der Waals surface area contributed by atoms with E-state index in [-0.39, 0.29) is 36.0 Å². The first kappa shape index (κ1) is 17.5. The Labute approximate surface area is 154 Å². The number of hydrogen-bond donors (Lipinski definition) is 3. The Morgan fingerprint density at radius 1 is 1.07 bits per heavy atom. The maximum Gasteiger partial charge on any atom is 0.239 e. The van der Waals surface area contributed by atoms with Crippen molar-refractivity contribution in [2.45, 2.75) is 6.04 Å². The number of rotatable bonds is 5. The zero-order chi connectivity index (χ0) is 19.1. The highest BCUT2D eigenvalue weighted by Crippen LogP contribution is 2.47. The number of carbonyl (C=O) groups is 1. The summed E-state index contributed by atoms with van der Waals surface area (Å²) in [5.41, 5.74) is 6.82. The summed E-state index contributed by atoms with van der Waals surface area (Å²) >= 11 is 0. The van der Waals surface area contributed by atoms with E-state index in [1.807, 2.05) is 4.90 Å². The van der Waals surface area contributed by atoms with E-state index >= 15 is 0 Å². The number of nitrogens with zero attached hydrogens (tertiary/aromatic N) is 1. The first-order valence-electron chi connectivity index (χ1n) is 8.70. The van der Waals surface area contributed by atoms with E-state index in [4.69, 9.17) is 5.73 Å². The molecule has 142 valence electrons. The quantitative estimate of drug-likeness (QED) is 0.701. The molecular weight excluding hydrogens is 357 g/mol. The van der Waals surface area contributed by atoms with Crippen LogP contribution in [-0.2, 0) is 4.79 Å². The first-order valence-corrected chi connectivity index (χ1v) is 8.70. The van der Waals surface area contributed by atoms with Crippen molar-refractivity contribution in [2.75, 3.05) is 35.6 Å². The molecule has 1 aliphatic heterocycles. The van der Waals surface area contributed by atoms with E-state index in [2.05, 4.69) is 10.6 Å². The zero-order valence-corrected chi connectivity index (χ0v) is 14.4. The monoisotopic (exact) mass is 376 g/mol. The molecule has 3 atom stereocenters. The fraction of sp³-hybridized carbons (Fsp3) is 0.316. The highest BCUT2D eigenvalue weighted by Gasteiger charge is 2.56. The lowest BCUT2D eigenvalue weighted by Crippen LogP contribution is -2.37. The topological polar surface area (TPSA) is 70.4 Å². The number of nitrogen functional groups attached to an aromatic ring is 1. The van der Waals surface area contributed by atoms with Gasteiger partial charge in [-0.2, -0.15) is 0 Å². The molecule has 2 fully saturated rings. The van der Waals surface area contributed by atoms with Crippen molar-refractivity contribution in [1.29, 1.82) is 0 Å². The van der Waals surface area contributed by atoms with Gasteiger partial charge in [-0.05, 0) is 30.3 Å². The second-order valence-corrected chi connectivity index (χ2v) is 7.01. The van der Waals surface area contributed by atoms with Gasteiger partial charge >= 0.3 is 0 Å². The van der Waals surface area contributed by atoms with Crippen LogP contribution in [0.3, 0.4) is 0 Å². The molecule has 2 aliphatic rings. The van der Waals surface area contributed by atoms with Crippen LogP contribution in [0.1, 0.15) is 0 Å². The molecule has 1 amide bonds. The van der Waals surface area contributed by atoms with Gasteiger partial charge in [0.25, 0.3) is 0 Å². The number of benzene rings is 2. The molecule has 0 radical (unpaired) electrons. The van der Waals surface area contributed by atoms with Crippen LogP contribution in [0.5, 0.6) is 0 Å². The fourth-order valence-electron chi connectivity index (χ4n) is 3.78. The van der Waals surface area contributed by atoms with Gasteiger partial charge in [0.15, 0.2) is 0 Å². The lowest BCUT2D eigenvalue weighted by atomic mass is 10.2. The second kappa shape index (κ2) is 6.68. The standard InChI is InChI=1S/C19H19F3N4O/c20-10-2-4-17(14(22)5-10)26-8-12-13(9-26)19(12)25-18(27)7-24-16-3-1-11(21)6-15(16)23/h1-6,12-13,19,24H,7-9,23H2,(H,25,27)/t12-,13?,19?/m0/s1. The van der Waals surface area contributed by atoms with Crippen molar-refractivity contribution in [3.05, 3.63) is 53.8 Å². The van der Waals surface area contributed by atoms with Crippen LogP contribution in [0.15, 0.2) is 36.4 Å². The molecule has 1 aliphatic carbocycles. The van der Waals surface area contributed by atoms with Gasteiger partial charge < -0.3 is 21.3 Å². The number of halogens is 3. The normalized spacial score (nSPS) is 23.1. The highest BCUT2D eigenvalue weighted by atomic mass is 19.1. The predicted octanol–water partition coefficient (Wildman–Crippen LogP) is 2.35. The van der Waals surface area contributed by atoms with E-state index in [1.165, 1.54) is 30.3 Å². The van der Waals surface area contributed by atoms with Crippen molar-refractivity contribution in [1.82, 2.24) is 5.32 Å². The maximum absolute atomic E-state index is 13.9. The molecule has 1 heterocycles. The molecule has 27 heavy (non-hydrogen) atoms. The third kappa shape index (κ3) is 3.51. The van der Waals surface area contributed by atoms with Crippen molar-refractivity contribution in [2.24, 2.45) is 11.8 Å². The van der Waals surface area contributed by atoms with Crippen molar-refractivity contribution >= 4 is 23.0 Å². The number of fused-ring (bicyclic) bond motifs is 1. The SMILES string of the molecule is Nc1cc(F)ccc1NCC(=O)NC1C2CN(c3ccc(F)cc3F)C[C@@H]21. The largest absolute Gasteiger partial charge is 0.397 e. The molecule has 0 bridgehead atoms. The van der Waals surface area contributed by atoms with Crippen molar-refractivity contribution < 1.29 is 18.0 Å². The summed E-state index contributed by atoms with van der Waals surface area (Å²) in [6, 6.07) is 7.57. The summed E-state index contributed by atoms with van der Waals surface area (Å²) in [4.78, 5) is 14.0. The predicted molar refractivity (Wildman–Crippen MR) is 96.8 cm³/mol. The number of anilines is 3. The summed E-state index contributed by atoms with van der Waals surface area (Å²) in [6.07, 6.45) is 0. The molecule has 4 N–H and O–H groups in total. The average Bonchev–Trinajstić information content (AvgIpc) is 3.04. The summed E-state index contributed by atoms with van der Waals surface area (Å²) in [5.74, 6) is -1.27. The Morgan fingerprint density at radius 3 is 2.41 bits per heavy atom. The number of nitrogens with one attached hydrogen (secondary N) is 2. The summed E-state index contributed by atoms with van der Waals surface area (Å²) in [7, 11) is 0. The maximum atomic E-state index is 13.9. The summed E-state index contributed by atoms with van der Waals surface area (Å²) in [5, 5.41) is 5.84. The zero-order valence-electron chi connectivity index (χ0n) is 14.4. The lowest BCUT2D eigenvalue weighted by molar-refractivity contribution is -0.119.